The number of carbonyl (C=O) groups is 1. The van der Waals surface area contributed by atoms with Crippen LogP contribution in [0.5, 0.6) is 11.5 Å². The van der Waals surface area contributed by atoms with Gasteiger partial charge in [-0.05, 0) is 23.6 Å². The Labute approximate surface area is 124 Å². The zero-order valence-electron chi connectivity index (χ0n) is 12.7. The Kier molecular flexibility index (Phi) is 5.07. The van der Waals surface area contributed by atoms with Crippen LogP contribution < -0.4 is 9.47 Å². The standard InChI is InChI=1S/C16H22O5/c1-10(2)14(16(18)19-3)15(17)11-5-6-12-13(9-11)21-8-4-7-20-12/h5-6,9-10,14-15,17H,4,7-8H2,1-3H3. The number of methoxy groups -OCH3 is 1. The fraction of sp³-hybridized carbons (Fsp3) is 0.562. The van der Waals surface area contributed by atoms with Crippen molar-refractivity contribution in [2.45, 2.75) is 26.4 Å². The van der Waals surface area contributed by atoms with E-state index >= 15 is 0 Å². The van der Waals surface area contributed by atoms with E-state index in [2.05, 4.69) is 0 Å². The number of hydrogen-bond donors (Lipinski definition) is 1. The van der Waals surface area contributed by atoms with Crippen molar-refractivity contribution in [1.29, 1.82) is 0 Å². The van der Waals surface area contributed by atoms with Gasteiger partial charge in [0, 0.05) is 6.42 Å². The van der Waals surface area contributed by atoms with Crippen molar-refractivity contribution in [3.63, 3.8) is 0 Å². The lowest BCUT2D eigenvalue weighted by Crippen LogP contribution is -2.28. The van der Waals surface area contributed by atoms with Crippen LogP contribution in [0.25, 0.3) is 0 Å². The van der Waals surface area contributed by atoms with Gasteiger partial charge in [0.15, 0.2) is 11.5 Å². The van der Waals surface area contributed by atoms with Crippen LogP contribution in [-0.4, -0.2) is 31.4 Å². The van der Waals surface area contributed by atoms with Crippen LogP contribution in [0.1, 0.15) is 31.9 Å². The monoisotopic (exact) mass is 294 g/mol. The smallest absolute Gasteiger partial charge is 0.311 e. The minimum atomic E-state index is -0.936. The Morgan fingerprint density at radius 1 is 1.24 bits per heavy atom. The highest BCUT2D eigenvalue weighted by atomic mass is 16.5. The van der Waals surface area contributed by atoms with E-state index in [1.165, 1.54) is 7.11 Å². The average molecular weight is 294 g/mol. The van der Waals surface area contributed by atoms with Crippen LogP contribution in [0.4, 0.5) is 0 Å². The lowest BCUT2D eigenvalue weighted by Gasteiger charge is -2.24. The van der Waals surface area contributed by atoms with Crippen LogP contribution >= 0.6 is 0 Å². The van der Waals surface area contributed by atoms with Gasteiger partial charge in [0.05, 0.1) is 32.3 Å². The maximum Gasteiger partial charge on any atom is 0.311 e. The second-order valence-electron chi connectivity index (χ2n) is 5.49. The van der Waals surface area contributed by atoms with Gasteiger partial charge in [0.1, 0.15) is 0 Å². The topological polar surface area (TPSA) is 65.0 Å². The zero-order chi connectivity index (χ0) is 15.4. The molecule has 0 spiro atoms. The third kappa shape index (κ3) is 3.47. The van der Waals surface area contributed by atoms with Crippen molar-refractivity contribution in [3.05, 3.63) is 23.8 Å². The minimum absolute atomic E-state index is 0.0385. The summed E-state index contributed by atoms with van der Waals surface area (Å²) in [4.78, 5) is 11.9. The summed E-state index contributed by atoms with van der Waals surface area (Å²) in [6.45, 7) is 4.96. The lowest BCUT2D eigenvalue weighted by molar-refractivity contribution is -0.152. The molecule has 1 aliphatic heterocycles. The third-order valence-corrected chi connectivity index (χ3v) is 3.64. The Balaban J connectivity index is 2.27. The number of fused-ring (bicyclic) bond motifs is 1. The summed E-state index contributed by atoms with van der Waals surface area (Å²) in [5.74, 6) is 0.215. The van der Waals surface area contributed by atoms with Crippen molar-refractivity contribution in [3.8, 4) is 11.5 Å². The SMILES string of the molecule is COC(=O)C(C(C)C)C(O)c1ccc2c(c1)OCCCO2. The van der Waals surface area contributed by atoms with Gasteiger partial charge in [-0.15, -0.1) is 0 Å². The lowest BCUT2D eigenvalue weighted by atomic mass is 9.86. The second-order valence-corrected chi connectivity index (χ2v) is 5.49. The number of hydrogen-bond acceptors (Lipinski definition) is 5. The molecule has 1 aromatic carbocycles. The molecule has 0 radical (unpaired) electrons. The minimum Gasteiger partial charge on any atom is -0.490 e. The van der Waals surface area contributed by atoms with Crippen LogP contribution in [0, 0.1) is 11.8 Å². The first-order valence-corrected chi connectivity index (χ1v) is 7.20. The second kappa shape index (κ2) is 6.80. The Morgan fingerprint density at radius 2 is 1.90 bits per heavy atom. The molecule has 21 heavy (non-hydrogen) atoms. The van der Waals surface area contributed by atoms with Gasteiger partial charge in [0.2, 0.25) is 0 Å². The summed E-state index contributed by atoms with van der Waals surface area (Å²) in [6.07, 6.45) is -0.113. The van der Waals surface area contributed by atoms with Crippen molar-refractivity contribution in [2.24, 2.45) is 11.8 Å². The molecule has 1 N–H and O–H groups in total. The molecule has 0 amide bonds. The summed E-state index contributed by atoms with van der Waals surface area (Å²) >= 11 is 0. The Hall–Kier alpha value is -1.75. The number of aliphatic hydroxyl groups is 1. The molecule has 1 heterocycles. The van der Waals surface area contributed by atoms with E-state index in [1.54, 1.807) is 18.2 Å². The highest BCUT2D eigenvalue weighted by Crippen LogP contribution is 2.36. The molecule has 2 unspecified atom stereocenters. The molecule has 0 saturated heterocycles. The summed E-state index contributed by atoms with van der Waals surface area (Å²) in [5, 5.41) is 10.5. The van der Waals surface area contributed by atoms with Crippen molar-refractivity contribution in [1.82, 2.24) is 0 Å². The van der Waals surface area contributed by atoms with Gasteiger partial charge in [-0.25, -0.2) is 0 Å². The first-order chi connectivity index (χ1) is 10.0. The molecule has 1 aromatic rings. The average Bonchev–Trinajstić information content (AvgIpc) is 2.70. The summed E-state index contributed by atoms with van der Waals surface area (Å²) in [6, 6.07) is 5.27. The van der Waals surface area contributed by atoms with E-state index in [1.807, 2.05) is 13.8 Å². The van der Waals surface area contributed by atoms with E-state index in [9.17, 15) is 9.90 Å². The molecule has 2 atom stereocenters. The van der Waals surface area contributed by atoms with Gasteiger partial charge in [0.25, 0.3) is 0 Å². The maximum atomic E-state index is 11.9. The quantitative estimate of drug-likeness (QED) is 0.863. The fourth-order valence-corrected chi connectivity index (χ4v) is 2.47. The molecule has 0 saturated carbocycles. The predicted octanol–water partition coefficient (Wildman–Crippen LogP) is 2.33. The Bertz CT molecular complexity index is 497. The van der Waals surface area contributed by atoms with Gasteiger partial charge >= 0.3 is 5.97 Å². The number of ether oxygens (including phenoxy) is 3. The predicted molar refractivity (Wildman–Crippen MR) is 77.4 cm³/mol. The first-order valence-electron chi connectivity index (χ1n) is 7.20. The van der Waals surface area contributed by atoms with Crippen LogP contribution in [0.3, 0.4) is 0 Å². The molecule has 5 nitrogen and oxygen atoms in total. The molecule has 2 rings (SSSR count). The van der Waals surface area contributed by atoms with Gasteiger partial charge in [-0.3, -0.25) is 4.79 Å². The number of carbonyl (C=O) groups excluding carboxylic acids is 1. The van der Waals surface area contributed by atoms with Crippen LogP contribution in [0.2, 0.25) is 0 Å². The summed E-state index contributed by atoms with van der Waals surface area (Å²) in [7, 11) is 1.33. The number of aliphatic hydroxyl groups excluding tert-OH is 1. The van der Waals surface area contributed by atoms with Crippen molar-refractivity contribution >= 4 is 5.97 Å². The molecule has 116 valence electrons. The number of benzene rings is 1. The molecule has 0 fully saturated rings. The van der Waals surface area contributed by atoms with Gasteiger partial charge < -0.3 is 19.3 Å². The normalized spacial score (nSPS) is 17.0. The largest absolute Gasteiger partial charge is 0.490 e. The molecule has 1 aliphatic rings. The molecule has 0 aliphatic carbocycles. The third-order valence-electron chi connectivity index (χ3n) is 3.64. The molecular formula is C16H22O5. The van der Waals surface area contributed by atoms with Crippen molar-refractivity contribution < 1.29 is 24.1 Å². The summed E-state index contributed by atoms with van der Waals surface area (Å²) < 4.78 is 16.0. The molecule has 0 bridgehead atoms. The maximum absolute atomic E-state index is 11.9. The number of esters is 1. The molecule has 0 aromatic heterocycles. The van der Waals surface area contributed by atoms with Crippen LogP contribution in [-0.2, 0) is 9.53 Å². The highest BCUT2D eigenvalue weighted by molar-refractivity contribution is 5.73. The number of rotatable bonds is 4. The Morgan fingerprint density at radius 3 is 2.52 bits per heavy atom. The van der Waals surface area contributed by atoms with Gasteiger partial charge in [-0.2, -0.15) is 0 Å². The van der Waals surface area contributed by atoms with Crippen LogP contribution in [0.15, 0.2) is 18.2 Å². The van der Waals surface area contributed by atoms with Crippen molar-refractivity contribution in [2.75, 3.05) is 20.3 Å². The van der Waals surface area contributed by atoms with E-state index in [0.29, 0.717) is 30.3 Å². The fourth-order valence-electron chi connectivity index (χ4n) is 2.47. The highest BCUT2D eigenvalue weighted by Gasteiger charge is 2.32. The first kappa shape index (κ1) is 15.6. The van der Waals surface area contributed by atoms with E-state index in [4.69, 9.17) is 14.2 Å². The zero-order valence-corrected chi connectivity index (χ0v) is 12.7. The van der Waals surface area contributed by atoms with Gasteiger partial charge in [-0.1, -0.05) is 19.9 Å². The molecular weight excluding hydrogens is 272 g/mol. The van der Waals surface area contributed by atoms with E-state index < -0.39 is 18.0 Å². The summed E-state index contributed by atoms with van der Waals surface area (Å²) in [5.41, 5.74) is 0.628. The molecule has 5 heteroatoms. The van der Waals surface area contributed by atoms with E-state index in [0.717, 1.165) is 6.42 Å². The van der Waals surface area contributed by atoms with E-state index in [-0.39, 0.29) is 5.92 Å².